The molecule has 10 aliphatic heterocycles. The average molecular weight is 1940 g/mol. The molecule has 0 N–H and O–H groups in total. The van der Waals surface area contributed by atoms with E-state index >= 15 is 28.8 Å². The summed E-state index contributed by atoms with van der Waals surface area (Å²) in [4.78, 5) is 113. The van der Waals surface area contributed by atoms with E-state index in [9.17, 15) is 0 Å². The normalized spacial score (nSPS) is 22.7. The second kappa shape index (κ2) is 37.7. The Labute approximate surface area is 823 Å². The Morgan fingerprint density at radius 3 is 0.743 bits per heavy atom. The van der Waals surface area contributed by atoms with Crippen molar-refractivity contribution in [3.63, 3.8) is 0 Å². The molecule has 0 spiro atoms. The number of carbonyl (C=O) groups is 6. The van der Waals surface area contributed by atoms with Crippen molar-refractivity contribution in [1.82, 2.24) is 29.4 Å². The zero-order valence-corrected chi connectivity index (χ0v) is 82.5. The molecule has 11 aromatic rings. The van der Waals surface area contributed by atoms with Crippen molar-refractivity contribution >= 4 is 101 Å². The Balaban J connectivity index is 0.775. The lowest BCUT2D eigenvalue weighted by atomic mass is 9.80. The minimum atomic E-state index is -1.56. The predicted molar refractivity (Wildman–Crippen MR) is 531 cm³/mol. The summed E-state index contributed by atoms with van der Waals surface area (Å²) in [6.07, 6.45) is 8.12. The molecule has 0 radical (unpaired) electrons. The van der Waals surface area contributed by atoms with Gasteiger partial charge in [0.1, 0.15) is 58.2 Å². The molecule has 12 aliphatic rings. The van der Waals surface area contributed by atoms with Crippen molar-refractivity contribution in [2.45, 2.75) is 214 Å². The molecule has 8 saturated heterocycles. The highest BCUT2D eigenvalue weighted by atomic mass is 32.1. The quantitative estimate of drug-likeness (QED) is 0.0113. The number of hydrogen-bond donors (Lipinski definition) is 0. The summed E-state index contributed by atoms with van der Waals surface area (Å²) in [5.41, 5.74) is 2.39. The van der Waals surface area contributed by atoms with Crippen molar-refractivity contribution in [1.29, 1.82) is 0 Å². The number of hydrogen-bond acceptors (Lipinski definition) is 26. The molecule has 28 heteroatoms. The Morgan fingerprint density at radius 1 is 0.321 bits per heavy atom. The maximum Gasteiger partial charge on any atom is 0.335 e. The van der Waals surface area contributed by atoms with Crippen molar-refractivity contribution in [2.75, 3.05) is 131 Å². The predicted octanol–water partition coefficient (Wildman–Crippen LogP) is 19.0. The maximum atomic E-state index is 17.2. The van der Waals surface area contributed by atoms with Crippen LogP contribution in [-0.2, 0) is 78.6 Å². The summed E-state index contributed by atoms with van der Waals surface area (Å²) in [6.45, 7) is 32.4. The monoisotopic (exact) mass is 1930 g/mol. The van der Waals surface area contributed by atoms with Gasteiger partial charge in [0.2, 0.25) is 0 Å². The Kier molecular flexibility index (Phi) is 25.1. The van der Waals surface area contributed by atoms with Gasteiger partial charge in [0.15, 0.2) is 12.1 Å². The highest BCUT2D eigenvalue weighted by Crippen LogP contribution is 2.60. The first-order valence-corrected chi connectivity index (χ1v) is 52.0. The molecule has 10 unspecified atom stereocenters. The molecule has 2 aliphatic carbocycles. The molecule has 12 heterocycles. The van der Waals surface area contributed by atoms with Gasteiger partial charge in [-0.3, -0.25) is 48.6 Å². The van der Waals surface area contributed by atoms with E-state index in [1.807, 2.05) is 59.3 Å². The van der Waals surface area contributed by atoms with Gasteiger partial charge in [-0.25, -0.2) is 9.59 Å². The van der Waals surface area contributed by atoms with Gasteiger partial charge in [0.25, 0.3) is 23.6 Å². The van der Waals surface area contributed by atoms with E-state index in [2.05, 4.69) is 124 Å². The topological polar surface area (TPSA) is 277 Å². The molecular formula is C112H122N6O20S2. The zero-order valence-electron chi connectivity index (χ0n) is 80.8. The first kappa shape index (κ1) is 93.3. The van der Waals surface area contributed by atoms with Crippen LogP contribution >= 0.6 is 22.7 Å². The molecule has 9 aromatic carbocycles. The summed E-state index contributed by atoms with van der Waals surface area (Å²) in [5, 5.41) is 5.73. The second-order valence-electron chi connectivity index (χ2n) is 43.3. The number of carbonyl (C=O) groups excluding carboxylic acids is 6. The summed E-state index contributed by atoms with van der Waals surface area (Å²) in [7, 11) is 0. The fourth-order valence-electron chi connectivity index (χ4n) is 22.3. The average Bonchev–Trinajstić information content (AvgIpc) is 0.766. The lowest BCUT2D eigenvalue weighted by molar-refractivity contribution is -0.156. The Bertz CT molecular complexity index is 5750. The smallest absolute Gasteiger partial charge is 0.335 e. The molecular weight excluding hydrogens is 1810 g/mol. The fourth-order valence-corrected chi connectivity index (χ4v) is 23.9. The minimum Gasteiger partial charge on any atom is -0.461 e. The van der Waals surface area contributed by atoms with Crippen molar-refractivity contribution in [2.24, 2.45) is 0 Å². The van der Waals surface area contributed by atoms with Gasteiger partial charge in [-0.1, -0.05) is 129 Å². The third-order valence-corrected chi connectivity index (χ3v) is 31.9. The molecule has 10 fully saturated rings. The molecule has 2 saturated carbocycles. The number of benzene rings is 9. The lowest BCUT2D eigenvalue weighted by Gasteiger charge is -2.36. The van der Waals surface area contributed by atoms with Crippen LogP contribution in [0.4, 0.5) is 0 Å². The van der Waals surface area contributed by atoms with E-state index in [1.54, 1.807) is 48.5 Å². The SMILES string of the molecule is CC(C)(CN(CC1CO1)CC1CO1)c1ccc(Oc2cc3c4c(cc(Oc5ccc(C(C)(C)CN(CC6CO6)CC6CO6)cc5)c5c6c(Oc7ccc(C(C)(C)CN(CC8CO8)CC8CO8)cc7)cc7c8c(cc(Oc9ccc(C(C)(C)CN(CC%10CO%10)CC%10CO%10)cc9)c(c2c45)c86)C(=O)N(C(C(=O)OC2CCCCC2)c2cccs2)C7=O)C(=O)N(C(C(=O)OC2CCCCC2)c2cccs2)C3=O)cc1. The highest BCUT2D eigenvalue weighted by Gasteiger charge is 2.51. The van der Waals surface area contributed by atoms with E-state index in [0.29, 0.717) is 137 Å². The molecule has 26 nitrogen and oxygen atoms in total. The number of esters is 2. The van der Waals surface area contributed by atoms with Crippen LogP contribution in [0.1, 0.15) is 205 Å². The van der Waals surface area contributed by atoms with Crippen LogP contribution in [0.15, 0.2) is 156 Å². The molecule has 0 bridgehead atoms. The van der Waals surface area contributed by atoms with Crippen LogP contribution in [0.25, 0.3) is 43.1 Å². The number of thiophene rings is 2. The number of imide groups is 2. The van der Waals surface area contributed by atoms with E-state index < -0.39 is 81.5 Å². The molecule has 23 rings (SSSR count). The first-order chi connectivity index (χ1) is 67.7. The van der Waals surface area contributed by atoms with Gasteiger partial charge in [-0.05, 0) is 169 Å². The van der Waals surface area contributed by atoms with Gasteiger partial charge in [0.05, 0.1) is 124 Å². The van der Waals surface area contributed by atoms with Gasteiger partial charge in [-0.15, -0.1) is 22.7 Å². The first-order valence-electron chi connectivity index (χ1n) is 50.3. The van der Waals surface area contributed by atoms with Gasteiger partial charge in [-0.2, -0.15) is 0 Å². The molecule has 140 heavy (non-hydrogen) atoms. The largest absolute Gasteiger partial charge is 0.461 e. The van der Waals surface area contributed by atoms with Gasteiger partial charge in [0, 0.05) is 153 Å². The number of fused-ring (bicyclic) bond motifs is 2. The van der Waals surface area contributed by atoms with Crippen molar-refractivity contribution in [3.05, 3.63) is 211 Å². The van der Waals surface area contributed by atoms with Crippen LogP contribution in [0.5, 0.6) is 46.0 Å². The van der Waals surface area contributed by atoms with E-state index in [0.717, 1.165) is 123 Å². The van der Waals surface area contributed by atoms with Crippen molar-refractivity contribution < 1.29 is 95.1 Å². The summed E-state index contributed by atoms with van der Waals surface area (Å²) >= 11 is 2.48. The highest BCUT2D eigenvalue weighted by molar-refractivity contribution is 7.10. The van der Waals surface area contributed by atoms with Crippen LogP contribution in [0.3, 0.4) is 0 Å². The van der Waals surface area contributed by atoms with Crippen LogP contribution in [-0.4, -0.2) is 257 Å². The fraction of sp³-hybridized carbons (Fsp3) is 0.482. The number of ether oxygens (including phenoxy) is 14. The van der Waals surface area contributed by atoms with Crippen LogP contribution in [0, 0.1) is 0 Å². The zero-order chi connectivity index (χ0) is 95.8. The van der Waals surface area contributed by atoms with Crippen molar-refractivity contribution in [3.8, 4) is 46.0 Å². The summed E-state index contributed by atoms with van der Waals surface area (Å²) < 4.78 is 90.4. The third-order valence-electron chi connectivity index (χ3n) is 30.1. The number of amides is 4. The van der Waals surface area contributed by atoms with Crippen LogP contribution in [0.2, 0.25) is 0 Å². The van der Waals surface area contributed by atoms with E-state index in [-0.39, 0.29) is 137 Å². The Hall–Kier alpha value is -10.4. The molecule has 4 amide bonds. The van der Waals surface area contributed by atoms with E-state index in [4.69, 9.17) is 66.3 Å². The Morgan fingerprint density at radius 2 is 0.543 bits per heavy atom. The summed E-state index contributed by atoms with van der Waals surface area (Å²) in [6, 6.07) is 42.4. The third kappa shape index (κ3) is 20.0. The number of rotatable bonds is 44. The molecule has 732 valence electrons. The van der Waals surface area contributed by atoms with Gasteiger partial charge < -0.3 is 66.3 Å². The van der Waals surface area contributed by atoms with Gasteiger partial charge >= 0.3 is 11.9 Å². The second-order valence-corrected chi connectivity index (χ2v) is 45.3. The number of nitrogens with zero attached hydrogens (tertiary/aromatic N) is 6. The number of epoxide rings is 8. The van der Waals surface area contributed by atoms with Crippen LogP contribution < -0.4 is 18.9 Å². The molecule has 10 atom stereocenters. The molecule has 2 aromatic heterocycles. The summed E-state index contributed by atoms with van der Waals surface area (Å²) in [5.74, 6) is -2.94. The maximum absolute atomic E-state index is 17.2. The lowest BCUT2D eigenvalue weighted by Crippen LogP contribution is -2.46. The van der Waals surface area contributed by atoms with E-state index in [1.165, 1.54) is 22.7 Å². The standard InChI is InChI=1S/C112H122N6O20S2/c1-109(2,61-113(45-75-53-125-75)46-76-54-126-76)65-23-31-71(32-24-65)133-87-41-83-93-84(104(120)117(103(83)119)101(91-21-15-39-139-91)107(123)137-69-17-11-9-12-18-69)43-89(135-73-35-27-67(28-36-73)111(5,6)63-115(49-79-57-129-79)50-80-58-130-80)97-98-90(136-74-37-29-68(30-38-74)112(7,8)64-116(51-81-59-131-81)52-82-60-132-82)44-86-94-85(105(121)118(106(86)122)102(92-22-16-40-140-92)108(124)138-70-19-13-10-14-20-70)42-88(96(100(94)98)95(87)99(93)97)134-72-33-25-66(26-34-72)110(3,4)62-114(47-77-55-127-77)48-78-56-128-78/h15-16,21-44,69-70,75-82,101-102H,9-14,17-20,45-64H2,1-8H3. The minimum absolute atomic E-state index is 0.00399.